The zero-order chi connectivity index (χ0) is 14.0. The molecule has 0 radical (unpaired) electrons. The van der Waals surface area contributed by atoms with Crippen LogP contribution in [0.5, 0.6) is 0 Å². The molecule has 1 aliphatic heterocycles. The summed E-state index contributed by atoms with van der Waals surface area (Å²) in [6.45, 7) is 5.04. The topological polar surface area (TPSA) is 46.3 Å². The van der Waals surface area contributed by atoms with Gasteiger partial charge < -0.3 is 10.6 Å². The van der Waals surface area contributed by atoms with Crippen molar-refractivity contribution in [1.29, 1.82) is 0 Å². The molecule has 0 bridgehead atoms. The highest BCUT2D eigenvalue weighted by Gasteiger charge is 2.29. The summed E-state index contributed by atoms with van der Waals surface area (Å²) in [5.41, 5.74) is 6.77. The van der Waals surface area contributed by atoms with E-state index >= 15 is 0 Å². The van der Waals surface area contributed by atoms with Crippen LogP contribution in [0.4, 0.5) is 4.39 Å². The molecule has 104 valence electrons. The molecule has 19 heavy (non-hydrogen) atoms. The van der Waals surface area contributed by atoms with Crippen molar-refractivity contribution in [2.24, 2.45) is 11.7 Å². The molecule has 4 heteroatoms. The number of hydrogen-bond donors (Lipinski definition) is 1. The van der Waals surface area contributed by atoms with Crippen LogP contribution >= 0.6 is 0 Å². The Balaban J connectivity index is 2.19. The predicted molar refractivity (Wildman–Crippen MR) is 73.4 cm³/mol. The lowest BCUT2D eigenvalue weighted by atomic mass is 9.93. The first-order valence-electron chi connectivity index (χ1n) is 6.80. The molecule has 0 aliphatic carbocycles. The maximum Gasteiger partial charge on any atom is 0.254 e. The number of hydrogen-bond acceptors (Lipinski definition) is 2. The largest absolute Gasteiger partial charge is 0.336 e. The zero-order valence-electron chi connectivity index (χ0n) is 11.5. The van der Waals surface area contributed by atoms with Gasteiger partial charge in [0.05, 0.1) is 0 Å². The molecule has 2 atom stereocenters. The molecule has 1 fully saturated rings. The summed E-state index contributed by atoms with van der Waals surface area (Å²) in [6.07, 6.45) is 2.05. The molecule has 3 nitrogen and oxygen atoms in total. The van der Waals surface area contributed by atoms with Crippen LogP contribution in [0.15, 0.2) is 18.2 Å². The summed E-state index contributed by atoms with van der Waals surface area (Å²) in [7, 11) is 0. The fraction of sp³-hybridized carbons (Fsp3) is 0.533. The standard InChI is InChI=1S/C15H21FN2O/c1-10-7-13(5-6-14(10)16)15(19)18-9-12(8-17)4-3-11(18)2/h5-7,11-12H,3-4,8-9,17H2,1-2H3. The lowest BCUT2D eigenvalue weighted by molar-refractivity contribution is 0.0566. The van der Waals surface area contributed by atoms with Crippen LogP contribution in [0.3, 0.4) is 0 Å². The number of nitrogens with zero attached hydrogens (tertiary/aromatic N) is 1. The van der Waals surface area contributed by atoms with Crippen molar-refractivity contribution in [3.05, 3.63) is 35.1 Å². The second kappa shape index (κ2) is 5.70. The van der Waals surface area contributed by atoms with E-state index in [2.05, 4.69) is 6.92 Å². The molecule has 2 rings (SSSR count). The number of nitrogens with two attached hydrogens (primary N) is 1. The predicted octanol–water partition coefficient (Wildman–Crippen LogP) is 2.33. The highest BCUT2D eigenvalue weighted by molar-refractivity contribution is 5.94. The van der Waals surface area contributed by atoms with Crippen molar-refractivity contribution >= 4 is 5.91 Å². The molecule has 1 aromatic carbocycles. The third kappa shape index (κ3) is 2.95. The van der Waals surface area contributed by atoms with Crippen molar-refractivity contribution in [3.8, 4) is 0 Å². The summed E-state index contributed by atoms with van der Waals surface area (Å²) in [6, 6.07) is 4.76. The van der Waals surface area contributed by atoms with E-state index < -0.39 is 0 Å². The molecule has 0 saturated carbocycles. The fourth-order valence-electron chi connectivity index (χ4n) is 2.60. The SMILES string of the molecule is Cc1cc(C(=O)N2CC(CN)CCC2C)ccc1F. The van der Waals surface area contributed by atoms with Crippen molar-refractivity contribution in [2.45, 2.75) is 32.7 Å². The van der Waals surface area contributed by atoms with Gasteiger partial charge in [-0.15, -0.1) is 0 Å². The van der Waals surface area contributed by atoms with Gasteiger partial charge in [0.2, 0.25) is 0 Å². The molecule has 2 N–H and O–H groups in total. The Morgan fingerprint density at radius 1 is 1.47 bits per heavy atom. The maximum absolute atomic E-state index is 13.3. The van der Waals surface area contributed by atoms with Crippen LogP contribution in [-0.4, -0.2) is 29.9 Å². The molecular formula is C15H21FN2O. The van der Waals surface area contributed by atoms with E-state index in [-0.39, 0.29) is 17.8 Å². The van der Waals surface area contributed by atoms with Gasteiger partial charge in [-0.2, -0.15) is 0 Å². The smallest absolute Gasteiger partial charge is 0.254 e. The fourth-order valence-corrected chi connectivity index (χ4v) is 2.60. The van der Waals surface area contributed by atoms with E-state index in [4.69, 9.17) is 5.73 Å². The minimum absolute atomic E-state index is 0.0197. The van der Waals surface area contributed by atoms with Crippen LogP contribution in [0.25, 0.3) is 0 Å². The maximum atomic E-state index is 13.3. The van der Waals surface area contributed by atoms with Gasteiger partial charge in [-0.05, 0) is 62.9 Å². The molecule has 1 amide bonds. The second-order valence-electron chi connectivity index (χ2n) is 5.45. The summed E-state index contributed by atoms with van der Waals surface area (Å²) in [5, 5.41) is 0. The molecule has 2 unspecified atom stereocenters. The van der Waals surface area contributed by atoms with Gasteiger partial charge in [0.1, 0.15) is 5.82 Å². The van der Waals surface area contributed by atoms with Crippen molar-refractivity contribution < 1.29 is 9.18 Å². The molecule has 1 heterocycles. The van der Waals surface area contributed by atoms with Crippen molar-refractivity contribution in [2.75, 3.05) is 13.1 Å². The van der Waals surface area contributed by atoms with Gasteiger partial charge >= 0.3 is 0 Å². The van der Waals surface area contributed by atoms with Gasteiger partial charge in [0, 0.05) is 18.2 Å². The summed E-state index contributed by atoms with van der Waals surface area (Å²) >= 11 is 0. The first-order chi connectivity index (χ1) is 9.02. The number of amides is 1. The van der Waals surface area contributed by atoms with E-state index in [1.165, 1.54) is 6.07 Å². The quantitative estimate of drug-likeness (QED) is 0.891. The average Bonchev–Trinajstić information content (AvgIpc) is 2.41. The molecule has 0 aromatic heterocycles. The highest BCUT2D eigenvalue weighted by atomic mass is 19.1. The first-order valence-corrected chi connectivity index (χ1v) is 6.80. The Morgan fingerprint density at radius 2 is 2.21 bits per heavy atom. The summed E-state index contributed by atoms with van der Waals surface area (Å²) in [5.74, 6) is 0.0820. The number of benzene rings is 1. The number of halogens is 1. The Kier molecular flexibility index (Phi) is 4.20. The minimum Gasteiger partial charge on any atom is -0.336 e. The second-order valence-corrected chi connectivity index (χ2v) is 5.45. The van der Waals surface area contributed by atoms with E-state index in [1.807, 2.05) is 4.90 Å². The Hall–Kier alpha value is -1.42. The van der Waals surface area contributed by atoms with Crippen LogP contribution in [0, 0.1) is 18.7 Å². The van der Waals surface area contributed by atoms with Crippen molar-refractivity contribution in [1.82, 2.24) is 4.90 Å². The van der Waals surface area contributed by atoms with Crippen LogP contribution in [0.2, 0.25) is 0 Å². The van der Waals surface area contributed by atoms with Crippen LogP contribution in [-0.2, 0) is 0 Å². The number of aryl methyl sites for hydroxylation is 1. The summed E-state index contributed by atoms with van der Waals surface area (Å²) < 4.78 is 13.3. The molecule has 0 spiro atoms. The number of carbonyl (C=O) groups is 1. The highest BCUT2D eigenvalue weighted by Crippen LogP contribution is 2.23. The van der Waals surface area contributed by atoms with Gasteiger partial charge in [0.25, 0.3) is 5.91 Å². The van der Waals surface area contributed by atoms with Gasteiger partial charge in [-0.3, -0.25) is 4.79 Å². The summed E-state index contributed by atoms with van der Waals surface area (Å²) in [4.78, 5) is 14.4. The van der Waals surface area contributed by atoms with E-state index in [1.54, 1.807) is 19.1 Å². The molecule has 1 saturated heterocycles. The average molecular weight is 264 g/mol. The molecule has 1 aliphatic rings. The monoisotopic (exact) mass is 264 g/mol. The van der Waals surface area contributed by atoms with Crippen LogP contribution in [0.1, 0.15) is 35.7 Å². The van der Waals surface area contributed by atoms with Gasteiger partial charge in [-0.1, -0.05) is 0 Å². The van der Waals surface area contributed by atoms with Gasteiger partial charge in [0.15, 0.2) is 0 Å². The number of rotatable bonds is 2. The van der Waals surface area contributed by atoms with Crippen molar-refractivity contribution in [3.63, 3.8) is 0 Å². The first kappa shape index (κ1) is 14.0. The zero-order valence-corrected chi connectivity index (χ0v) is 11.5. The molecular weight excluding hydrogens is 243 g/mol. The molecule has 1 aromatic rings. The lowest BCUT2D eigenvalue weighted by Crippen LogP contribution is -2.47. The van der Waals surface area contributed by atoms with E-state index in [9.17, 15) is 9.18 Å². The Morgan fingerprint density at radius 3 is 2.84 bits per heavy atom. The minimum atomic E-state index is -0.275. The lowest BCUT2D eigenvalue weighted by Gasteiger charge is -2.37. The third-order valence-electron chi connectivity index (χ3n) is 3.98. The van der Waals surface area contributed by atoms with Gasteiger partial charge in [-0.25, -0.2) is 4.39 Å². The number of carbonyl (C=O) groups excluding carboxylic acids is 1. The van der Waals surface area contributed by atoms with E-state index in [0.717, 1.165) is 12.8 Å². The number of likely N-dealkylation sites (tertiary alicyclic amines) is 1. The normalized spacial score (nSPS) is 23.5. The third-order valence-corrected chi connectivity index (χ3v) is 3.98. The Bertz CT molecular complexity index is 475. The van der Waals surface area contributed by atoms with E-state index in [0.29, 0.717) is 30.1 Å². The Labute approximate surface area is 113 Å². The number of piperidine rings is 1. The van der Waals surface area contributed by atoms with Crippen LogP contribution < -0.4 is 5.73 Å².